The van der Waals surface area contributed by atoms with Crippen molar-refractivity contribution in [2.24, 2.45) is 0 Å². The molecule has 6 nitrogen and oxygen atoms in total. The molecule has 0 saturated heterocycles. The van der Waals surface area contributed by atoms with Crippen LogP contribution in [0.2, 0.25) is 0 Å². The number of nitrogens with one attached hydrogen (secondary N) is 1. The summed E-state index contributed by atoms with van der Waals surface area (Å²) in [5.74, 6) is 0. The highest BCUT2D eigenvalue weighted by atomic mass is 16.6. The van der Waals surface area contributed by atoms with Gasteiger partial charge < -0.3 is 10.4 Å². The van der Waals surface area contributed by atoms with Gasteiger partial charge in [0.1, 0.15) is 0 Å². The summed E-state index contributed by atoms with van der Waals surface area (Å²) in [6.07, 6.45) is -0.795. The van der Waals surface area contributed by atoms with Crippen molar-refractivity contribution in [3.05, 3.63) is 69.8 Å². The number of aliphatic hydroxyl groups excluding tert-OH is 1. The second kappa shape index (κ2) is 6.50. The third-order valence-corrected chi connectivity index (χ3v) is 2.98. The molecule has 1 unspecified atom stereocenters. The van der Waals surface area contributed by atoms with Crippen molar-refractivity contribution in [1.82, 2.24) is 0 Å². The molecule has 0 bridgehead atoms. The zero-order valence-electron chi connectivity index (χ0n) is 11.1. The van der Waals surface area contributed by atoms with E-state index in [9.17, 15) is 15.2 Å². The van der Waals surface area contributed by atoms with E-state index < -0.39 is 11.0 Å². The molecule has 0 heterocycles. The van der Waals surface area contributed by atoms with Crippen LogP contribution in [-0.2, 0) is 0 Å². The van der Waals surface area contributed by atoms with Gasteiger partial charge in [0.15, 0.2) is 0 Å². The van der Waals surface area contributed by atoms with Crippen LogP contribution in [0.1, 0.15) is 17.2 Å². The first-order valence-corrected chi connectivity index (χ1v) is 6.26. The van der Waals surface area contributed by atoms with Crippen LogP contribution >= 0.6 is 0 Å². The van der Waals surface area contributed by atoms with Crippen LogP contribution in [0.5, 0.6) is 0 Å². The molecule has 0 radical (unpaired) electrons. The average Bonchev–Trinajstić information content (AvgIpc) is 2.53. The quantitative estimate of drug-likeness (QED) is 0.649. The predicted molar refractivity (Wildman–Crippen MR) is 77.7 cm³/mol. The van der Waals surface area contributed by atoms with E-state index >= 15 is 0 Å². The van der Waals surface area contributed by atoms with Crippen LogP contribution in [0.15, 0.2) is 48.5 Å². The fourth-order valence-electron chi connectivity index (χ4n) is 1.85. The summed E-state index contributed by atoms with van der Waals surface area (Å²) in [6, 6.07) is 14.7. The van der Waals surface area contributed by atoms with Crippen molar-refractivity contribution in [2.45, 2.75) is 6.10 Å². The zero-order chi connectivity index (χ0) is 15.2. The third-order valence-electron chi connectivity index (χ3n) is 2.98. The highest BCUT2D eigenvalue weighted by Crippen LogP contribution is 2.19. The van der Waals surface area contributed by atoms with E-state index in [1.54, 1.807) is 24.3 Å². The molecule has 0 saturated carbocycles. The van der Waals surface area contributed by atoms with Crippen LogP contribution in [0.25, 0.3) is 0 Å². The summed E-state index contributed by atoms with van der Waals surface area (Å²) in [4.78, 5) is 10.1. The van der Waals surface area contributed by atoms with Crippen LogP contribution in [0.4, 0.5) is 11.4 Å². The number of aliphatic hydroxyl groups is 1. The second-order valence-corrected chi connectivity index (χ2v) is 4.44. The van der Waals surface area contributed by atoms with Crippen molar-refractivity contribution in [3.63, 3.8) is 0 Å². The molecule has 2 aromatic carbocycles. The van der Waals surface area contributed by atoms with Gasteiger partial charge in [-0.15, -0.1) is 0 Å². The fourth-order valence-corrected chi connectivity index (χ4v) is 1.85. The maximum atomic E-state index is 10.6. The van der Waals surface area contributed by atoms with Crippen LogP contribution in [0.3, 0.4) is 0 Å². The van der Waals surface area contributed by atoms with Crippen LogP contribution in [-0.4, -0.2) is 16.6 Å². The monoisotopic (exact) mass is 283 g/mol. The number of rotatable bonds is 5. The fraction of sp³-hybridized carbons (Fsp3) is 0.133. The topological polar surface area (TPSA) is 99.2 Å². The molecule has 0 aliphatic carbocycles. The first kappa shape index (κ1) is 14.5. The summed E-state index contributed by atoms with van der Waals surface area (Å²) in [5.41, 5.74) is 1.84. The molecule has 0 aliphatic heterocycles. The lowest BCUT2D eigenvalue weighted by molar-refractivity contribution is -0.384. The van der Waals surface area contributed by atoms with E-state index in [0.717, 1.165) is 5.69 Å². The molecule has 0 aromatic heterocycles. The Balaban J connectivity index is 1.99. The van der Waals surface area contributed by atoms with E-state index in [0.29, 0.717) is 11.1 Å². The highest BCUT2D eigenvalue weighted by molar-refractivity contribution is 5.49. The lowest BCUT2D eigenvalue weighted by Gasteiger charge is -2.13. The molecule has 0 spiro atoms. The Labute approximate surface area is 121 Å². The summed E-state index contributed by atoms with van der Waals surface area (Å²) in [5, 5.41) is 32.4. The van der Waals surface area contributed by atoms with Gasteiger partial charge in [0.2, 0.25) is 0 Å². The molecular formula is C15H13N3O3. The second-order valence-electron chi connectivity index (χ2n) is 4.44. The standard InChI is InChI=1S/C15H13N3O3/c16-9-11-2-1-3-13(8-11)17-10-15(19)12-4-6-14(7-5-12)18(20)21/h1-8,15,17,19H,10H2. The maximum absolute atomic E-state index is 10.6. The molecule has 0 fully saturated rings. The molecule has 2 N–H and O–H groups in total. The molecule has 106 valence electrons. The Hall–Kier alpha value is -2.91. The van der Waals surface area contributed by atoms with Gasteiger partial charge in [-0.3, -0.25) is 10.1 Å². The average molecular weight is 283 g/mol. The van der Waals surface area contributed by atoms with E-state index in [-0.39, 0.29) is 12.2 Å². The predicted octanol–water partition coefficient (Wildman–Crippen LogP) is 2.61. The van der Waals surface area contributed by atoms with Gasteiger partial charge in [-0.25, -0.2) is 0 Å². The van der Waals surface area contributed by atoms with Crippen LogP contribution < -0.4 is 5.32 Å². The number of nitro benzene ring substituents is 1. The number of benzene rings is 2. The molecule has 1 atom stereocenters. The van der Waals surface area contributed by atoms with E-state index in [1.165, 1.54) is 24.3 Å². The Bertz CT molecular complexity index is 677. The molecule has 2 rings (SSSR count). The van der Waals surface area contributed by atoms with Gasteiger partial charge in [0.05, 0.1) is 22.7 Å². The summed E-state index contributed by atoms with van der Waals surface area (Å²) < 4.78 is 0. The van der Waals surface area contributed by atoms with Gasteiger partial charge in [-0.1, -0.05) is 6.07 Å². The largest absolute Gasteiger partial charge is 0.387 e. The highest BCUT2D eigenvalue weighted by Gasteiger charge is 2.10. The Kier molecular flexibility index (Phi) is 4.49. The number of hydrogen-bond donors (Lipinski definition) is 2. The van der Waals surface area contributed by atoms with Crippen molar-refractivity contribution in [2.75, 3.05) is 11.9 Å². The van der Waals surface area contributed by atoms with Crippen molar-refractivity contribution in [3.8, 4) is 6.07 Å². The lowest BCUT2D eigenvalue weighted by Crippen LogP contribution is -2.12. The maximum Gasteiger partial charge on any atom is 0.269 e. The number of nitro groups is 1. The molecule has 0 aliphatic rings. The summed E-state index contributed by atoms with van der Waals surface area (Å²) >= 11 is 0. The molecule has 0 amide bonds. The van der Waals surface area contributed by atoms with Gasteiger partial charge in [-0.2, -0.15) is 5.26 Å². The minimum atomic E-state index is -0.795. The Morgan fingerprint density at radius 1 is 1.29 bits per heavy atom. The Morgan fingerprint density at radius 2 is 2.00 bits per heavy atom. The minimum absolute atomic E-state index is 0.0133. The first-order chi connectivity index (χ1) is 10.1. The van der Waals surface area contributed by atoms with Gasteiger partial charge in [0.25, 0.3) is 5.69 Å². The number of nitrogens with zero attached hydrogens (tertiary/aromatic N) is 2. The first-order valence-electron chi connectivity index (χ1n) is 6.26. The van der Waals surface area contributed by atoms with E-state index in [4.69, 9.17) is 5.26 Å². The summed E-state index contributed by atoms with van der Waals surface area (Å²) in [7, 11) is 0. The number of non-ortho nitro benzene ring substituents is 1. The van der Waals surface area contributed by atoms with Gasteiger partial charge in [-0.05, 0) is 35.9 Å². The third kappa shape index (κ3) is 3.78. The molecule has 21 heavy (non-hydrogen) atoms. The normalized spacial score (nSPS) is 11.4. The minimum Gasteiger partial charge on any atom is -0.387 e. The number of anilines is 1. The molecular weight excluding hydrogens is 270 g/mol. The van der Waals surface area contributed by atoms with Crippen molar-refractivity contribution >= 4 is 11.4 Å². The number of hydrogen-bond acceptors (Lipinski definition) is 5. The molecule has 6 heteroatoms. The molecule has 2 aromatic rings. The SMILES string of the molecule is N#Cc1cccc(NCC(O)c2ccc([N+](=O)[O-])cc2)c1. The van der Waals surface area contributed by atoms with Gasteiger partial charge >= 0.3 is 0 Å². The van der Waals surface area contributed by atoms with E-state index in [1.807, 2.05) is 6.07 Å². The zero-order valence-corrected chi connectivity index (χ0v) is 11.1. The van der Waals surface area contributed by atoms with Crippen molar-refractivity contribution in [1.29, 1.82) is 5.26 Å². The summed E-state index contributed by atoms with van der Waals surface area (Å²) in [6.45, 7) is 0.243. The van der Waals surface area contributed by atoms with Crippen molar-refractivity contribution < 1.29 is 10.0 Å². The van der Waals surface area contributed by atoms with E-state index in [2.05, 4.69) is 5.32 Å². The lowest BCUT2D eigenvalue weighted by atomic mass is 10.1. The smallest absolute Gasteiger partial charge is 0.269 e. The Morgan fingerprint density at radius 3 is 2.62 bits per heavy atom. The number of nitriles is 1. The van der Waals surface area contributed by atoms with Crippen LogP contribution in [0, 0.1) is 21.4 Å². The van der Waals surface area contributed by atoms with Gasteiger partial charge in [0, 0.05) is 24.4 Å².